The van der Waals surface area contributed by atoms with E-state index < -0.39 is 10.0 Å². The first-order chi connectivity index (χ1) is 14.8. The highest BCUT2D eigenvalue weighted by molar-refractivity contribution is 7.89. The number of carbonyl (C=O) groups excluding carboxylic acids is 1. The van der Waals surface area contributed by atoms with Gasteiger partial charge in [0.15, 0.2) is 0 Å². The van der Waals surface area contributed by atoms with E-state index in [1.165, 1.54) is 21.5 Å². The van der Waals surface area contributed by atoms with Gasteiger partial charge in [-0.25, -0.2) is 8.42 Å². The zero-order chi connectivity index (χ0) is 22.4. The number of hydrogen-bond acceptors (Lipinski definition) is 4. The van der Waals surface area contributed by atoms with Gasteiger partial charge >= 0.3 is 0 Å². The minimum Gasteiger partial charge on any atom is -0.337 e. The Morgan fingerprint density at radius 3 is 2.35 bits per heavy atom. The zero-order valence-corrected chi connectivity index (χ0v) is 19.6. The van der Waals surface area contributed by atoms with E-state index in [1.807, 2.05) is 18.7 Å². The number of nitrogens with zero attached hydrogens (tertiary/aromatic N) is 3. The fourth-order valence-electron chi connectivity index (χ4n) is 3.97. The number of sulfonamides is 1. The lowest BCUT2D eigenvalue weighted by atomic mass is 10.1. The predicted molar refractivity (Wildman–Crippen MR) is 124 cm³/mol. The Kier molecular flexibility index (Phi) is 7.86. The van der Waals surface area contributed by atoms with Crippen LogP contribution in [0.15, 0.2) is 53.4 Å². The van der Waals surface area contributed by atoms with Gasteiger partial charge in [-0.1, -0.05) is 49.7 Å². The average Bonchev–Trinajstić information content (AvgIpc) is 3.01. The molecule has 3 rings (SSSR count). The van der Waals surface area contributed by atoms with Gasteiger partial charge in [0.25, 0.3) is 5.91 Å². The lowest BCUT2D eigenvalue weighted by Crippen LogP contribution is -2.35. The first-order valence-corrected chi connectivity index (χ1v) is 12.5. The van der Waals surface area contributed by atoms with Crippen LogP contribution in [0.25, 0.3) is 0 Å². The molecule has 0 bridgehead atoms. The Hall–Kier alpha value is -2.22. The van der Waals surface area contributed by atoms with Crippen molar-refractivity contribution >= 4 is 15.9 Å². The molecule has 0 unspecified atom stereocenters. The summed E-state index contributed by atoms with van der Waals surface area (Å²) in [5.41, 5.74) is 2.96. The summed E-state index contributed by atoms with van der Waals surface area (Å²) in [6.45, 7) is 10.5. The molecule has 0 aromatic heterocycles. The van der Waals surface area contributed by atoms with E-state index in [-0.39, 0.29) is 10.8 Å². The number of hydrogen-bond donors (Lipinski definition) is 0. The van der Waals surface area contributed by atoms with Crippen molar-refractivity contribution in [2.45, 2.75) is 38.6 Å². The van der Waals surface area contributed by atoms with Gasteiger partial charge in [0.05, 0.1) is 4.90 Å². The standard InChI is InChI=1S/C24H33N3O3S/c1-4-27(5-2)31(29,30)23-9-6-8-22(18-23)24(28)26-15-7-14-25(16-17-26)19-21-12-10-20(3)11-13-21/h6,8-13,18H,4-5,7,14-17,19H2,1-3H3. The molecule has 2 aromatic rings. The normalized spacial score (nSPS) is 15.8. The highest BCUT2D eigenvalue weighted by atomic mass is 32.2. The zero-order valence-electron chi connectivity index (χ0n) is 18.8. The molecule has 0 atom stereocenters. The molecule has 0 spiro atoms. The van der Waals surface area contributed by atoms with Crippen LogP contribution in [-0.4, -0.2) is 67.7 Å². The minimum atomic E-state index is -3.59. The van der Waals surface area contributed by atoms with E-state index in [1.54, 1.807) is 18.2 Å². The molecule has 1 heterocycles. The smallest absolute Gasteiger partial charge is 0.253 e. The van der Waals surface area contributed by atoms with Crippen molar-refractivity contribution in [2.24, 2.45) is 0 Å². The number of benzene rings is 2. The van der Waals surface area contributed by atoms with Crippen molar-refractivity contribution in [3.8, 4) is 0 Å². The molecule has 1 saturated heterocycles. The van der Waals surface area contributed by atoms with E-state index >= 15 is 0 Å². The van der Waals surface area contributed by atoms with Gasteiger partial charge in [0, 0.05) is 51.4 Å². The van der Waals surface area contributed by atoms with Crippen LogP contribution >= 0.6 is 0 Å². The number of rotatable bonds is 7. The topological polar surface area (TPSA) is 60.9 Å². The SMILES string of the molecule is CCN(CC)S(=O)(=O)c1cccc(C(=O)N2CCCN(Cc3ccc(C)cc3)CC2)c1. The summed E-state index contributed by atoms with van der Waals surface area (Å²) in [5, 5.41) is 0. The molecule has 1 aliphatic heterocycles. The maximum atomic E-state index is 13.1. The van der Waals surface area contributed by atoms with Gasteiger partial charge in [-0.15, -0.1) is 0 Å². The number of carbonyl (C=O) groups is 1. The Morgan fingerprint density at radius 1 is 0.968 bits per heavy atom. The first kappa shape index (κ1) is 23.4. The number of amides is 1. The fraction of sp³-hybridized carbons (Fsp3) is 0.458. The molecule has 1 amide bonds. The molecule has 0 saturated carbocycles. The Balaban J connectivity index is 1.68. The third-order valence-corrected chi connectivity index (χ3v) is 7.87. The molecule has 6 nitrogen and oxygen atoms in total. The molecule has 168 valence electrons. The Bertz CT molecular complexity index is 985. The lowest BCUT2D eigenvalue weighted by molar-refractivity contribution is 0.0761. The second kappa shape index (κ2) is 10.4. The molecule has 0 N–H and O–H groups in total. The molecule has 2 aromatic carbocycles. The molecular formula is C24H33N3O3S. The molecule has 1 aliphatic rings. The maximum Gasteiger partial charge on any atom is 0.253 e. The van der Waals surface area contributed by atoms with Crippen LogP contribution in [0, 0.1) is 6.92 Å². The summed E-state index contributed by atoms with van der Waals surface area (Å²) in [6.07, 6.45) is 0.898. The highest BCUT2D eigenvalue weighted by Gasteiger charge is 2.25. The molecule has 0 aliphatic carbocycles. The number of aryl methyl sites for hydroxylation is 1. The van der Waals surface area contributed by atoms with Gasteiger partial charge in [-0.2, -0.15) is 4.31 Å². The summed E-state index contributed by atoms with van der Waals surface area (Å²) in [6, 6.07) is 15.0. The van der Waals surface area contributed by atoms with Gasteiger partial charge in [0.1, 0.15) is 0 Å². The highest BCUT2D eigenvalue weighted by Crippen LogP contribution is 2.19. The molecule has 0 radical (unpaired) electrons. The second-order valence-electron chi connectivity index (χ2n) is 8.02. The van der Waals surface area contributed by atoms with Crippen LogP contribution in [0.4, 0.5) is 0 Å². The van der Waals surface area contributed by atoms with Gasteiger partial charge in [-0.3, -0.25) is 9.69 Å². The lowest BCUT2D eigenvalue weighted by Gasteiger charge is -2.23. The van der Waals surface area contributed by atoms with E-state index in [0.29, 0.717) is 31.7 Å². The van der Waals surface area contributed by atoms with Crippen LogP contribution in [0.5, 0.6) is 0 Å². The summed E-state index contributed by atoms with van der Waals surface area (Å²) in [4.78, 5) is 17.5. The third-order valence-electron chi connectivity index (χ3n) is 5.83. The quantitative estimate of drug-likeness (QED) is 0.658. The van der Waals surface area contributed by atoms with Crippen LogP contribution in [0.1, 0.15) is 41.8 Å². The fourth-order valence-corrected chi connectivity index (χ4v) is 5.47. The Labute approximate surface area is 186 Å². The van der Waals surface area contributed by atoms with E-state index in [0.717, 1.165) is 26.1 Å². The minimum absolute atomic E-state index is 0.103. The molecule has 31 heavy (non-hydrogen) atoms. The van der Waals surface area contributed by atoms with Crippen molar-refractivity contribution in [1.29, 1.82) is 0 Å². The first-order valence-electron chi connectivity index (χ1n) is 11.0. The predicted octanol–water partition coefficient (Wildman–Crippen LogP) is 3.37. The van der Waals surface area contributed by atoms with Crippen molar-refractivity contribution in [2.75, 3.05) is 39.3 Å². The summed E-state index contributed by atoms with van der Waals surface area (Å²) < 4.78 is 27.1. The second-order valence-corrected chi connectivity index (χ2v) is 9.96. The molecule has 7 heteroatoms. The van der Waals surface area contributed by atoms with Crippen molar-refractivity contribution in [1.82, 2.24) is 14.1 Å². The average molecular weight is 444 g/mol. The van der Waals surface area contributed by atoms with Crippen LogP contribution in [-0.2, 0) is 16.6 Å². The van der Waals surface area contributed by atoms with E-state index in [4.69, 9.17) is 0 Å². The van der Waals surface area contributed by atoms with Crippen LogP contribution in [0.2, 0.25) is 0 Å². The van der Waals surface area contributed by atoms with E-state index in [9.17, 15) is 13.2 Å². The van der Waals surface area contributed by atoms with Crippen molar-refractivity contribution in [3.63, 3.8) is 0 Å². The summed E-state index contributed by atoms with van der Waals surface area (Å²) in [5.74, 6) is -0.103. The molecular weight excluding hydrogens is 410 g/mol. The summed E-state index contributed by atoms with van der Waals surface area (Å²) >= 11 is 0. The van der Waals surface area contributed by atoms with E-state index in [2.05, 4.69) is 36.1 Å². The summed E-state index contributed by atoms with van der Waals surface area (Å²) in [7, 11) is -3.59. The largest absolute Gasteiger partial charge is 0.337 e. The van der Waals surface area contributed by atoms with Crippen molar-refractivity contribution in [3.05, 3.63) is 65.2 Å². The van der Waals surface area contributed by atoms with Crippen LogP contribution < -0.4 is 0 Å². The molecule has 1 fully saturated rings. The third kappa shape index (κ3) is 5.73. The van der Waals surface area contributed by atoms with Crippen LogP contribution in [0.3, 0.4) is 0 Å². The van der Waals surface area contributed by atoms with Gasteiger partial charge < -0.3 is 4.90 Å². The van der Waals surface area contributed by atoms with Gasteiger partial charge in [-0.05, 0) is 37.1 Å². The van der Waals surface area contributed by atoms with Crippen molar-refractivity contribution < 1.29 is 13.2 Å². The van der Waals surface area contributed by atoms with Gasteiger partial charge in [0.2, 0.25) is 10.0 Å². The maximum absolute atomic E-state index is 13.1. The Morgan fingerprint density at radius 2 is 1.68 bits per heavy atom. The monoisotopic (exact) mass is 443 g/mol.